The highest BCUT2D eigenvalue weighted by Crippen LogP contribution is 2.28. The van der Waals surface area contributed by atoms with Gasteiger partial charge in [-0.25, -0.2) is 4.39 Å². The molecule has 1 unspecified atom stereocenters. The lowest BCUT2D eigenvalue weighted by Gasteiger charge is -2.25. The van der Waals surface area contributed by atoms with Crippen LogP contribution in [0.25, 0.3) is 10.9 Å². The van der Waals surface area contributed by atoms with Crippen molar-refractivity contribution in [3.05, 3.63) is 65.6 Å². The number of nitrogens with zero attached hydrogens (tertiary/aromatic N) is 1. The molecule has 9 nitrogen and oxygen atoms in total. The zero-order chi connectivity index (χ0) is 29.6. The van der Waals surface area contributed by atoms with Crippen molar-refractivity contribution in [1.29, 1.82) is 0 Å². The number of carboxylic acid groups (broad SMARTS) is 1. The third kappa shape index (κ3) is 7.46. The lowest BCUT2D eigenvalue weighted by Crippen LogP contribution is -2.54. The minimum Gasteiger partial charge on any atom is -0.486 e. The second-order valence-electron chi connectivity index (χ2n) is 10.6. The summed E-state index contributed by atoms with van der Waals surface area (Å²) in [4.78, 5) is 51.2. The fraction of sp³-hybridized carbons (Fsp3) is 0.400. The number of Topliss-reactive ketones (excluding diaryl/α,β-unsaturated/α-hetero) is 1. The van der Waals surface area contributed by atoms with Gasteiger partial charge in [-0.05, 0) is 54.2 Å². The number of hydrogen-bond acceptors (Lipinski definition) is 5. The minimum atomic E-state index is -1.39. The number of aryl methyl sites for hydroxylation is 1. The number of aliphatic carboxylic acids is 1. The molecule has 0 saturated heterocycles. The third-order valence-electron chi connectivity index (χ3n) is 6.55. The van der Waals surface area contributed by atoms with E-state index < -0.39 is 54.5 Å². The van der Waals surface area contributed by atoms with Crippen molar-refractivity contribution in [2.75, 3.05) is 6.61 Å². The van der Waals surface area contributed by atoms with Gasteiger partial charge in [-0.3, -0.25) is 19.2 Å². The fourth-order valence-corrected chi connectivity index (χ4v) is 4.59. The van der Waals surface area contributed by atoms with E-state index >= 15 is 0 Å². The van der Waals surface area contributed by atoms with Crippen LogP contribution in [0.5, 0.6) is 5.75 Å². The van der Waals surface area contributed by atoms with E-state index in [1.807, 2.05) is 24.3 Å². The van der Waals surface area contributed by atoms with E-state index in [9.17, 15) is 28.7 Å². The van der Waals surface area contributed by atoms with E-state index in [0.29, 0.717) is 12.1 Å². The third-order valence-corrected chi connectivity index (χ3v) is 6.55. The van der Waals surface area contributed by atoms with Gasteiger partial charge in [-0.15, -0.1) is 0 Å². The average molecular weight is 554 g/mol. The molecule has 10 heteroatoms. The van der Waals surface area contributed by atoms with Gasteiger partial charge in [-0.2, -0.15) is 0 Å². The Bertz CT molecular complexity index is 1380. The normalized spacial score (nSPS) is 12.8. The molecule has 0 aliphatic heterocycles. The smallest absolute Gasteiger partial charge is 0.305 e. The summed E-state index contributed by atoms with van der Waals surface area (Å²) in [6.07, 6.45) is -0.0102. The first kappa shape index (κ1) is 30.3. The van der Waals surface area contributed by atoms with Gasteiger partial charge in [0, 0.05) is 18.0 Å². The Balaban J connectivity index is 1.80. The molecular weight excluding hydrogens is 517 g/mol. The number of hydrogen-bond donors (Lipinski definition) is 3. The number of amides is 2. The molecule has 40 heavy (non-hydrogen) atoms. The van der Waals surface area contributed by atoms with Crippen LogP contribution in [0.1, 0.15) is 50.2 Å². The Morgan fingerprint density at radius 1 is 0.975 bits per heavy atom. The molecule has 2 amide bonds. The first-order valence-corrected chi connectivity index (χ1v) is 13.2. The minimum absolute atomic E-state index is 0.217. The molecule has 3 aromatic rings. The largest absolute Gasteiger partial charge is 0.486 e. The number of nitrogens with one attached hydrogen (secondary N) is 2. The van der Waals surface area contributed by atoms with Crippen LogP contribution in [-0.4, -0.2) is 51.9 Å². The number of halogens is 1. The number of benzene rings is 2. The van der Waals surface area contributed by atoms with Crippen molar-refractivity contribution in [2.45, 2.75) is 52.6 Å². The maximum Gasteiger partial charge on any atom is 0.305 e. The standard InChI is InChI=1S/C30H36FN3O6/c1-17(2)14-22-21-8-6-7-9-24(21)34(5)28(22)30(39)33-27(18(3)4)29(38)32-23(15-26(36)37)25(35)16-40-20-12-10-19(31)11-13-20/h6-13,17-18,23,27H,14-16H2,1-5H3,(H,32,38)(H,33,39)(H,36,37)/t23?,27-/m0/s1. The van der Waals surface area contributed by atoms with Crippen LogP contribution >= 0.6 is 0 Å². The van der Waals surface area contributed by atoms with Crippen molar-refractivity contribution >= 4 is 34.5 Å². The summed E-state index contributed by atoms with van der Waals surface area (Å²) in [7, 11) is 1.80. The van der Waals surface area contributed by atoms with E-state index in [1.54, 1.807) is 25.5 Å². The predicted octanol–water partition coefficient (Wildman–Crippen LogP) is 3.88. The molecule has 2 aromatic carbocycles. The Morgan fingerprint density at radius 3 is 2.23 bits per heavy atom. The molecule has 0 bridgehead atoms. The van der Waals surface area contributed by atoms with E-state index in [2.05, 4.69) is 24.5 Å². The molecule has 1 heterocycles. The van der Waals surface area contributed by atoms with Gasteiger partial charge >= 0.3 is 5.97 Å². The maximum absolute atomic E-state index is 13.6. The Morgan fingerprint density at radius 2 is 1.62 bits per heavy atom. The quantitative estimate of drug-likeness (QED) is 0.295. The predicted molar refractivity (Wildman–Crippen MR) is 149 cm³/mol. The number of aromatic nitrogens is 1. The number of carboxylic acids is 1. The van der Waals surface area contributed by atoms with Crippen molar-refractivity contribution in [3.8, 4) is 5.75 Å². The van der Waals surface area contributed by atoms with Crippen LogP contribution in [0, 0.1) is 17.7 Å². The molecule has 1 aromatic heterocycles. The van der Waals surface area contributed by atoms with Crippen LogP contribution in [0.15, 0.2) is 48.5 Å². The highest BCUT2D eigenvalue weighted by atomic mass is 19.1. The summed E-state index contributed by atoms with van der Waals surface area (Å²) in [5, 5.41) is 15.6. The Kier molecular flexibility index (Phi) is 10.0. The van der Waals surface area contributed by atoms with E-state index in [1.165, 1.54) is 12.1 Å². The number of carbonyl (C=O) groups excluding carboxylic acids is 3. The number of para-hydroxylation sites is 1. The zero-order valence-electron chi connectivity index (χ0n) is 23.4. The summed E-state index contributed by atoms with van der Waals surface area (Å²) in [5.41, 5.74) is 2.21. The molecular formula is C30H36FN3O6. The molecule has 0 radical (unpaired) electrons. The van der Waals surface area contributed by atoms with Gasteiger partial charge in [0.05, 0.1) is 6.42 Å². The fourth-order valence-electron chi connectivity index (χ4n) is 4.59. The van der Waals surface area contributed by atoms with Crippen molar-refractivity contribution in [2.24, 2.45) is 18.9 Å². The average Bonchev–Trinajstić information content (AvgIpc) is 3.16. The number of rotatable bonds is 13. The number of ketones is 1. The summed E-state index contributed by atoms with van der Waals surface area (Å²) in [5.74, 6) is -3.45. The van der Waals surface area contributed by atoms with Crippen molar-refractivity contribution < 1.29 is 33.4 Å². The molecule has 0 saturated carbocycles. The van der Waals surface area contributed by atoms with Crippen LogP contribution in [-0.2, 0) is 27.9 Å². The lowest BCUT2D eigenvalue weighted by molar-refractivity contribution is -0.140. The number of fused-ring (bicyclic) bond motifs is 1. The molecule has 0 aliphatic rings. The van der Waals surface area contributed by atoms with E-state index in [4.69, 9.17) is 4.74 Å². The molecule has 3 rings (SSSR count). The topological polar surface area (TPSA) is 127 Å². The molecule has 0 aliphatic carbocycles. The SMILES string of the molecule is CC(C)Cc1c(C(=O)N[C@H](C(=O)NC(CC(=O)O)C(=O)COc2ccc(F)cc2)C(C)C)n(C)c2ccccc12. The Hall–Kier alpha value is -4.21. The Labute approximate surface area is 232 Å². The molecule has 0 spiro atoms. The van der Waals surface area contributed by atoms with E-state index in [-0.39, 0.29) is 17.6 Å². The second-order valence-corrected chi connectivity index (χ2v) is 10.6. The maximum atomic E-state index is 13.6. The molecule has 3 N–H and O–H groups in total. The van der Waals surface area contributed by atoms with Gasteiger partial charge in [0.25, 0.3) is 5.91 Å². The highest BCUT2D eigenvalue weighted by Gasteiger charge is 2.32. The summed E-state index contributed by atoms with van der Waals surface area (Å²) >= 11 is 0. The highest BCUT2D eigenvalue weighted by molar-refractivity contribution is 6.04. The molecule has 0 fully saturated rings. The van der Waals surface area contributed by atoms with Gasteiger partial charge in [0.15, 0.2) is 5.78 Å². The number of carbonyl (C=O) groups is 4. The van der Waals surface area contributed by atoms with Crippen LogP contribution in [0.2, 0.25) is 0 Å². The summed E-state index contributed by atoms with van der Waals surface area (Å²) in [6, 6.07) is 10.3. The van der Waals surface area contributed by atoms with Crippen LogP contribution < -0.4 is 15.4 Å². The second kappa shape index (κ2) is 13.2. The van der Waals surface area contributed by atoms with Crippen molar-refractivity contribution in [1.82, 2.24) is 15.2 Å². The molecule has 2 atom stereocenters. The first-order chi connectivity index (χ1) is 18.9. The van der Waals surface area contributed by atoms with Gasteiger partial charge in [0.2, 0.25) is 5.91 Å². The first-order valence-electron chi connectivity index (χ1n) is 13.2. The van der Waals surface area contributed by atoms with Crippen molar-refractivity contribution in [3.63, 3.8) is 0 Å². The monoisotopic (exact) mass is 553 g/mol. The zero-order valence-corrected chi connectivity index (χ0v) is 23.4. The summed E-state index contributed by atoms with van der Waals surface area (Å²) in [6.45, 7) is 7.08. The van der Waals surface area contributed by atoms with E-state index in [0.717, 1.165) is 28.6 Å². The summed E-state index contributed by atoms with van der Waals surface area (Å²) < 4.78 is 20.3. The van der Waals surface area contributed by atoms with Crippen LogP contribution in [0.3, 0.4) is 0 Å². The lowest BCUT2D eigenvalue weighted by atomic mass is 9.98. The number of ether oxygens (including phenoxy) is 1. The van der Waals surface area contributed by atoms with Gasteiger partial charge < -0.3 is 25.0 Å². The van der Waals surface area contributed by atoms with Crippen LogP contribution in [0.4, 0.5) is 4.39 Å². The molecule has 214 valence electrons. The van der Waals surface area contributed by atoms with Gasteiger partial charge in [0.1, 0.15) is 36.0 Å². The van der Waals surface area contributed by atoms with Gasteiger partial charge in [-0.1, -0.05) is 45.9 Å².